The zero-order chi connectivity index (χ0) is 19.5. The summed E-state index contributed by atoms with van der Waals surface area (Å²) in [6, 6.07) is 10.9. The second-order valence-electron chi connectivity index (χ2n) is 7.38. The molecule has 1 aliphatic heterocycles. The van der Waals surface area contributed by atoms with Crippen molar-refractivity contribution in [2.45, 2.75) is 31.7 Å². The van der Waals surface area contributed by atoms with E-state index in [0.29, 0.717) is 35.3 Å². The highest BCUT2D eigenvalue weighted by atomic mass is 32.1. The minimum Gasteiger partial charge on any atom is -0.349 e. The van der Waals surface area contributed by atoms with Gasteiger partial charge in [0.05, 0.1) is 10.8 Å². The first-order chi connectivity index (χ1) is 13.6. The molecular weight excluding hydrogens is 374 g/mol. The van der Waals surface area contributed by atoms with Crippen LogP contribution >= 0.6 is 11.3 Å². The number of thiophene rings is 1. The van der Waals surface area contributed by atoms with Crippen molar-refractivity contribution in [3.05, 3.63) is 52.2 Å². The van der Waals surface area contributed by atoms with E-state index in [2.05, 4.69) is 10.6 Å². The van der Waals surface area contributed by atoms with Crippen LogP contribution in [0.1, 0.15) is 45.7 Å². The van der Waals surface area contributed by atoms with Crippen LogP contribution in [0.2, 0.25) is 0 Å². The van der Waals surface area contributed by atoms with E-state index in [1.807, 2.05) is 17.5 Å². The molecule has 28 heavy (non-hydrogen) atoms. The Bertz CT molecular complexity index is 860. The second kappa shape index (κ2) is 8.14. The fraction of sp³-hybridized carbons (Fsp3) is 0.381. The first-order valence-corrected chi connectivity index (χ1v) is 10.5. The Morgan fingerprint density at radius 3 is 2.50 bits per heavy atom. The Balaban J connectivity index is 1.33. The maximum atomic E-state index is 12.7. The van der Waals surface area contributed by atoms with Crippen molar-refractivity contribution < 1.29 is 14.4 Å². The summed E-state index contributed by atoms with van der Waals surface area (Å²) >= 11 is 1.42. The Kier molecular flexibility index (Phi) is 5.43. The van der Waals surface area contributed by atoms with Crippen LogP contribution in [-0.2, 0) is 4.79 Å². The molecule has 2 heterocycles. The molecule has 1 aliphatic carbocycles. The summed E-state index contributed by atoms with van der Waals surface area (Å²) in [5.41, 5.74) is 1.25. The molecule has 1 saturated heterocycles. The van der Waals surface area contributed by atoms with Crippen LogP contribution in [-0.4, -0.2) is 41.8 Å². The van der Waals surface area contributed by atoms with Gasteiger partial charge in [-0.05, 0) is 61.4 Å². The standard InChI is InChI=1S/C21H23N3O3S/c25-19(22-17-9-10-17)14-5-7-16(8-6-14)23-20(26)15-3-1-11-24(13-15)21(27)18-4-2-12-28-18/h2,4-8,12,15,17H,1,3,9-11,13H2,(H,22,25)(H,23,26). The number of benzene rings is 1. The molecule has 2 N–H and O–H groups in total. The molecule has 0 radical (unpaired) electrons. The van der Waals surface area contributed by atoms with Gasteiger partial charge in [0.15, 0.2) is 0 Å². The van der Waals surface area contributed by atoms with E-state index in [1.54, 1.807) is 29.2 Å². The molecule has 146 valence electrons. The molecule has 6 nitrogen and oxygen atoms in total. The number of piperidine rings is 1. The van der Waals surface area contributed by atoms with E-state index >= 15 is 0 Å². The molecular formula is C21H23N3O3S. The van der Waals surface area contributed by atoms with Gasteiger partial charge >= 0.3 is 0 Å². The molecule has 2 aromatic rings. The van der Waals surface area contributed by atoms with Gasteiger partial charge in [0.25, 0.3) is 11.8 Å². The van der Waals surface area contributed by atoms with E-state index in [-0.39, 0.29) is 23.6 Å². The summed E-state index contributed by atoms with van der Waals surface area (Å²) in [6.07, 6.45) is 3.68. The average molecular weight is 398 g/mol. The van der Waals surface area contributed by atoms with Crippen molar-refractivity contribution in [2.24, 2.45) is 5.92 Å². The number of rotatable bonds is 5. The molecule has 1 aromatic heterocycles. The summed E-state index contributed by atoms with van der Waals surface area (Å²) in [6.45, 7) is 1.12. The number of amides is 3. The summed E-state index contributed by atoms with van der Waals surface area (Å²) in [5, 5.41) is 7.75. The van der Waals surface area contributed by atoms with Crippen LogP contribution < -0.4 is 10.6 Å². The van der Waals surface area contributed by atoms with Crippen LogP contribution in [0.15, 0.2) is 41.8 Å². The third kappa shape index (κ3) is 4.42. The molecule has 0 spiro atoms. The minimum absolute atomic E-state index is 0.00136. The van der Waals surface area contributed by atoms with E-state index in [4.69, 9.17) is 0 Å². The highest BCUT2D eigenvalue weighted by molar-refractivity contribution is 7.12. The van der Waals surface area contributed by atoms with Crippen LogP contribution in [0.25, 0.3) is 0 Å². The van der Waals surface area contributed by atoms with Gasteiger partial charge in [-0.2, -0.15) is 0 Å². The van der Waals surface area contributed by atoms with Crippen LogP contribution in [0.3, 0.4) is 0 Å². The predicted octanol–water partition coefficient (Wildman–Crippen LogP) is 3.13. The summed E-state index contributed by atoms with van der Waals surface area (Å²) in [4.78, 5) is 39.7. The van der Waals surface area contributed by atoms with Gasteiger partial charge in [0, 0.05) is 30.4 Å². The third-order valence-corrected chi connectivity index (χ3v) is 6.00. The molecule has 2 fully saturated rings. The number of carbonyl (C=O) groups excluding carboxylic acids is 3. The van der Waals surface area contributed by atoms with Crippen LogP contribution in [0, 0.1) is 5.92 Å². The molecule has 4 rings (SSSR count). The van der Waals surface area contributed by atoms with Crippen molar-refractivity contribution in [1.82, 2.24) is 10.2 Å². The van der Waals surface area contributed by atoms with Gasteiger partial charge < -0.3 is 15.5 Å². The molecule has 3 amide bonds. The third-order valence-electron chi connectivity index (χ3n) is 5.14. The molecule has 1 aromatic carbocycles. The zero-order valence-corrected chi connectivity index (χ0v) is 16.3. The molecule has 1 unspecified atom stereocenters. The number of hydrogen-bond acceptors (Lipinski definition) is 4. The molecule has 1 atom stereocenters. The first kappa shape index (κ1) is 18.7. The monoisotopic (exact) mass is 397 g/mol. The largest absolute Gasteiger partial charge is 0.349 e. The van der Waals surface area contributed by atoms with Crippen molar-refractivity contribution >= 4 is 34.7 Å². The Morgan fingerprint density at radius 1 is 1.04 bits per heavy atom. The number of likely N-dealkylation sites (tertiary alicyclic amines) is 1. The normalized spacial score (nSPS) is 19.1. The van der Waals surface area contributed by atoms with E-state index in [1.165, 1.54) is 11.3 Å². The maximum absolute atomic E-state index is 12.7. The van der Waals surface area contributed by atoms with E-state index in [9.17, 15) is 14.4 Å². The topological polar surface area (TPSA) is 78.5 Å². The average Bonchev–Trinajstić information content (AvgIpc) is 3.36. The Hall–Kier alpha value is -2.67. The van der Waals surface area contributed by atoms with Gasteiger partial charge in [-0.25, -0.2) is 0 Å². The molecule has 2 aliphatic rings. The van der Waals surface area contributed by atoms with Crippen molar-refractivity contribution in [3.63, 3.8) is 0 Å². The fourth-order valence-corrected chi connectivity index (χ4v) is 4.07. The lowest BCUT2D eigenvalue weighted by Gasteiger charge is -2.31. The highest BCUT2D eigenvalue weighted by Gasteiger charge is 2.29. The quantitative estimate of drug-likeness (QED) is 0.814. The Labute approximate surface area is 167 Å². The zero-order valence-electron chi connectivity index (χ0n) is 15.5. The second-order valence-corrected chi connectivity index (χ2v) is 8.33. The maximum Gasteiger partial charge on any atom is 0.263 e. The van der Waals surface area contributed by atoms with Gasteiger partial charge in [0.2, 0.25) is 5.91 Å². The highest BCUT2D eigenvalue weighted by Crippen LogP contribution is 2.23. The lowest BCUT2D eigenvalue weighted by molar-refractivity contribution is -0.121. The van der Waals surface area contributed by atoms with Crippen LogP contribution in [0.5, 0.6) is 0 Å². The summed E-state index contributed by atoms with van der Waals surface area (Å²) in [5.74, 6) is -0.386. The first-order valence-electron chi connectivity index (χ1n) is 9.65. The van der Waals surface area contributed by atoms with Gasteiger partial charge in [-0.3, -0.25) is 14.4 Å². The number of nitrogens with zero attached hydrogens (tertiary/aromatic N) is 1. The van der Waals surface area contributed by atoms with Crippen molar-refractivity contribution in [3.8, 4) is 0 Å². The van der Waals surface area contributed by atoms with E-state index < -0.39 is 0 Å². The molecule has 1 saturated carbocycles. The van der Waals surface area contributed by atoms with Gasteiger partial charge in [-0.1, -0.05) is 6.07 Å². The number of nitrogens with one attached hydrogen (secondary N) is 2. The van der Waals surface area contributed by atoms with Crippen molar-refractivity contribution in [2.75, 3.05) is 18.4 Å². The Morgan fingerprint density at radius 2 is 1.82 bits per heavy atom. The number of anilines is 1. The predicted molar refractivity (Wildman–Crippen MR) is 109 cm³/mol. The van der Waals surface area contributed by atoms with Gasteiger partial charge in [-0.15, -0.1) is 11.3 Å². The fourth-order valence-electron chi connectivity index (χ4n) is 3.38. The lowest BCUT2D eigenvalue weighted by Crippen LogP contribution is -2.43. The van der Waals surface area contributed by atoms with Crippen molar-refractivity contribution in [1.29, 1.82) is 0 Å². The smallest absolute Gasteiger partial charge is 0.263 e. The number of hydrogen-bond donors (Lipinski definition) is 2. The van der Waals surface area contributed by atoms with Crippen LogP contribution in [0.4, 0.5) is 5.69 Å². The minimum atomic E-state index is -0.226. The molecule has 0 bridgehead atoms. The SMILES string of the molecule is O=C(NC1CC1)c1ccc(NC(=O)C2CCCN(C(=O)c3cccs3)C2)cc1. The number of carbonyl (C=O) groups is 3. The summed E-state index contributed by atoms with van der Waals surface area (Å²) < 4.78 is 0. The summed E-state index contributed by atoms with van der Waals surface area (Å²) in [7, 11) is 0. The lowest BCUT2D eigenvalue weighted by atomic mass is 9.96. The van der Waals surface area contributed by atoms with E-state index in [0.717, 1.165) is 25.7 Å². The van der Waals surface area contributed by atoms with Gasteiger partial charge in [0.1, 0.15) is 0 Å². The molecule has 7 heteroatoms.